The monoisotopic (exact) mass is 574 g/mol. The maximum absolute atomic E-state index is 15.7. The van der Waals surface area contributed by atoms with Crippen LogP contribution in [0, 0.1) is 17.6 Å². The molecule has 4 aromatic heterocycles. The van der Waals surface area contributed by atoms with Crippen molar-refractivity contribution in [1.82, 2.24) is 24.5 Å². The van der Waals surface area contributed by atoms with E-state index in [9.17, 15) is 19.1 Å². The van der Waals surface area contributed by atoms with E-state index in [4.69, 9.17) is 0 Å². The number of anilines is 2. The number of hydrogen-bond acceptors (Lipinski definition) is 8. The predicted molar refractivity (Wildman–Crippen MR) is 157 cm³/mol. The number of nitrogens with one attached hydrogen (secondary N) is 3. The van der Waals surface area contributed by atoms with E-state index in [1.165, 1.54) is 10.9 Å². The van der Waals surface area contributed by atoms with E-state index in [1.54, 1.807) is 32.6 Å². The van der Waals surface area contributed by atoms with Crippen molar-refractivity contribution in [1.29, 1.82) is 0 Å². The van der Waals surface area contributed by atoms with Gasteiger partial charge < -0.3 is 30.6 Å². The van der Waals surface area contributed by atoms with Crippen molar-refractivity contribution in [2.45, 2.75) is 12.5 Å². The number of nitrogens with zero attached hydrogens (tertiary/aromatic N) is 5. The van der Waals surface area contributed by atoms with E-state index in [0.717, 1.165) is 25.6 Å². The number of halogens is 2. The highest BCUT2D eigenvalue weighted by atomic mass is 19.2. The number of aromatic amines is 1. The van der Waals surface area contributed by atoms with Gasteiger partial charge >= 0.3 is 5.97 Å². The molecule has 11 nitrogen and oxygen atoms in total. The zero-order valence-corrected chi connectivity index (χ0v) is 23.1. The van der Waals surface area contributed by atoms with E-state index in [0.29, 0.717) is 51.5 Å². The van der Waals surface area contributed by atoms with Crippen LogP contribution in [0.15, 0.2) is 35.5 Å². The molecule has 0 bridgehead atoms. The first-order valence-corrected chi connectivity index (χ1v) is 13.6. The lowest BCUT2D eigenvalue weighted by Gasteiger charge is -2.29. The molecule has 0 aliphatic carbocycles. The number of likely N-dealkylation sites (tertiary alicyclic amines) is 1. The summed E-state index contributed by atoms with van der Waals surface area (Å²) < 4.78 is 32.0. The van der Waals surface area contributed by atoms with Gasteiger partial charge in [0.1, 0.15) is 11.2 Å². The normalized spacial score (nSPS) is 18.8. The van der Waals surface area contributed by atoms with E-state index in [-0.39, 0.29) is 22.5 Å². The minimum Gasteiger partial charge on any atom is -0.477 e. The van der Waals surface area contributed by atoms with Crippen LogP contribution in [0.5, 0.6) is 0 Å². The number of rotatable bonds is 5. The number of likely N-dealkylation sites (N-methyl/N-ethyl adjacent to an activating group) is 1. The molecular formula is C29H28F2N8O3. The van der Waals surface area contributed by atoms with Crippen LogP contribution in [-0.2, 0) is 0 Å². The number of fused-ring (bicyclic) bond motifs is 5. The van der Waals surface area contributed by atoms with Gasteiger partial charge in [0.2, 0.25) is 5.43 Å². The molecule has 0 spiro atoms. The summed E-state index contributed by atoms with van der Waals surface area (Å²) in [4.78, 5) is 41.9. The van der Waals surface area contributed by atoms with Gasteiger partial charge in [-0.3, -0.25) is 4.79 Å². The zero-order valence-electron chi connectivity index (χ0n) is 23.1. The Morgan fingerprint density at radius 1 is 1.14 bits per heavy atom. The number of benzene rings is 1. The highest BCUT2D eigenvalue weighted by Gasteiger charge is 2.42. The van der Waals surface area contributed by atoms with Crippen molar-refractivity contribution in [2.24, 2.45) is 5.92 Å². The van der Waals surface area contributed by atoms with Crippen LogP contribution in [0.3, 0.4) is 0 Å². The predicted octanol–water partition coefficient (Wildman–Crippen LogP) is 3.42. The second-order valence-electron chi connectivity index (χ2n) is 11.0. The molecule has 2 fully saturated rings. The van der Waals surface area contributed by atoms with Gasteiger partial charge in [-0.2, -0.15) is 0 Å². The van der Waals surface area contributed by atoms with Crippen molar-refractivity contribution >= 4 is 50.3 Å². The molecule has 7 rings (SSSR count). The maximum Gasteiger partial charge on any atom is 0.341 e. The summed E-state index contributed by atoms with van der Waals surface area (Å²) in [5.74, 6) is -2.91. The van der Waals surface area contributed by atoms with Crippen molar-refractivity contribution < 1.29 is 18.7 Å². The number of aromatic carboxylic acids is 1. The SMILES string of the molecule is CNc1cc(F)c(F)c2c1[nH]c1ncc(-c3cnc4c(c3)c(=O)c(C(=O)O)cn4NC)c(N3CC[C@H]4CN(C)C[C@H]43)c12. The molecule has 4 N–H and O–H groups in total. The molecule has 13 heteroatoms. The van der Waals surface area contributed by atoms with Gasteiger partial charge in [-0.25, -0.2) is 28.2 Å². The molecule has 1 aromatic carbocycles. The van der Waals surface area contributed by atoms with Crippen LogP contribution in [0.4, 0.5) is 20.2 Å². The quantitative estimate of drug-likeness (QED) is 0.249. The Kier molecular flexibility index (Phi) is 5.84. The number of carboxylic acids is 1. The lowest BCUT2D eigenvalue weighted by atomic mass is 9.99. The molecular weight excluding hydrogens is 546 g/mol. The fourth-order valence-electron chi connectivity index (χ4n) is 6.78. The fourth-order valence-corrected chi connectivity index (χ4v) is 6.78. The highest BCUT2D eigenvalue weighted by molar-refractivity contribution is 6.18. The third-order valence-corrected chi connectivity index (χ3v) is 8.68. The van der Waals surface area contributed by atoms with Crippen LogP contribution < -0.4 is 21.1 Å². The van der Waals surface area contributed by atoms with Gasteiger partial charge in [0.25, 0.3) is 0 Å². The minimum atomic E-state index is -1.36. The van der Waals surface area contributed by atoms with Crippen molar-refractivity contribution in [3.05, 3.63) is 58.1 Å². The number of H-pyrrole nitrogens is 1. The van der Waals surface area contributed by atoms with Gasteiger partial charge in [-0.1, -0.05) is 0 Å². The summed E-state index contributed by atoms with van der Waals surface area (Å²) in [6.07, 6.45) is 5.36. The number of pyridine rings is 3. The summed E-state index contributed by atoms with van der Waals surface area (Å²) in [5.41, 5.74) is 4.97. The second-order valence-corrected chi connectivity index (χ2v) is 11.0. The van der Waals surface area contributed by atoms with Crippen LogP contribution in [0.2, 0.25) is 0 Å². The second kappa shape index (κ2) is 9.38. The summed E-state index contributed by atoms with van der Waals surface area (Å²) in [6, 6.07) is 2.85. The van der Waals surface area contributed by atoms with Gasteiger partial charge in [0.15, 0.2) is 17.3 Å². The Bertz CT molecular complexity index is 2010. The average Bonchev–Trinajstić information content (AvgIpc) is 3.66. The van der Waals surface area contributed by atoms with E-state index in [1.807, 2.05) is 0 Å². The Morgan fingerprint density at radius 2 is 1.95 bits per heavy atom. The first kappa shape index (κ1) is 26.1. The Hall–Kier alpha value is -4.78. The summed E-state index contributed by atoms with van der Waals surface area (Å²) in [7, 11) is 5.30. The lowest BCUT2D eigenvalue weighted by Crippen LogP contribution is -2.35. The summed E-state index contributed by atoms with van der Waals surface area (Å²) in [5, 5.41) is 13.2. The molecule has 2 saturated heterocycles. The first-order valence-electron chi connectivity index (χ1n) is 13.6. The maximum atomic E-state index is 15.7. The molecule has 6 heterocycles. The van der Waals surface area contributed by atoms with Gasteiger partial charge in [0, 0.05) is 75.6 Å². The number of aromatic nitrogens is 4. The van der Waals surface area contributed by atoms with Crippen LogP contribution in [0.1, 0.15) is 16.8 Å². The van der Waals surface area contributed by atoms with Crippen molar-refractivity contribution in [2.75, 3.05) is 56.4 Å². The number of carbonyl (C=O) groups is 1. The third-order valence-electron chi connectivity index (χ3n) is 8.68. The summed E-state index contributed by atoms with van der Waals surface area (Å²) >= 11 is 0. The molecule has 2 aliphatic rings. The molecule has 0 amide bonds. The number of carboxylic acid groups (broad SMARTS) is 1. The standard InChI is InChI=1S/C29H28F2N8O3/c1-32-19-7-18(30)23(31)21-22-25(38-5-4-13-10-37(3)12-20(13)38)16(9-34-27(22)36-24(19)21)14-6-15-26(40)17(29(41)42)11-39(33-2)28(15)35-8-14/h6-9,11,13,20,32-33H,4-5,10,12H2,1-3H3,(H,34,36)(H,41,42)/t13-,20+/m0/s1. The zero-order chi connectivity index (χ0) is 29.4. The molecule has 2 aliphatic heterocycles. The van der Waals surface area contributed by atoms with Gasteiger partial charge in [-0.15, -0.1) is 0 Å². The van der Waals surface area contributed by atoms with Crippen LogP contribution in [-0.4, -0.2) is 82.4 Å². The first-order chi connectivity index (χ1) is 20.2. The van der Waals surface area contributed by atoms with Crippen LogP contribution >= 0.6 is 0 Å². The molecule has 0 radical (unpaired) electrons. The van der Waals surface area contributed by atoms with Crippen LogP contribution in [0.25, 0.3) is 44.1 Å². The lowest BCUT2D eigenvalue weighted by molar-refractivity contribution is 0.0695. The minimum absolute atomic E-state index is 0.0907. The number of hydrogen-bond donors (Lipinski definition) is 4. The molecule has 0 unspecified atom stereocenters. The Labute approximate surface area is 237 Å². The molecule has 5 aromatic rings. The van der Waals surface area contributed by atoms with Gasteiger partial charge in [0.05, 0.1) is 33.1 Å². The smallest absolute Gasteiger partial charge is 0.341 e. The topological polar surface area (TPSA) is 131 Å². The highest BCUT2D eigenvalue weighted by Crippen LogP contribution is 2.46. The largest absolute Gasteiger partial charge is 0.477 e. The molecule has 2 atom stereocenters. The van der Waals surface area contributed by atoms with E-state index < -0.39 is 28.6 Å². The molecule has 216 valence electrons. The molecule has 0 saturated carbocycles. The van der Waals surface area contributed by atoms with Crippen molar-refractivity contribution in [3.63, 3.8) is 0 Å². The Morgan fingerprint density at radius 3 is 2.69 bits per heavy atom. The summed E-state index contributed by atoms with van der Waals surface area (Å²) in [6.45, 7) is 2.44. The molecule has 42 heavy (non-hydrogen) atoms. The van der Waals surface area contributed by atoms with Gasteiger partial charge in [-0.05, 0) is 25.5 Å². The van der Waals surface area contributed by atoms with E-state index in [2.05, 4.69) is 42.5 Å². The third kappa shape index (κ3) is 3.66. The van der Waals surface area contributed by atoms with Crippen molar-refractivity contribution in [3.8, 4) is 11.1 Å². The Balaban J connectivity index is 1.57. The van der Waals surface area contributed by atoms with E-state index >= 15 is 4.39 Å². The fraction of sp³-hybridized carbons (Fsp3) is 0.310. The average molecular weight is 575 g/mol.